The Labute approximate surface area is 96.4 Å². The van der Waals surface area contributed by atoms with Crippen molar-refractivity contribution in [2.24, 2.45) is 0 Å². The normalized spacial score (nSPS) is 32.3. The molecule has 2 aliphatic rings. The molecule has 5 heteroatoms. The second-order valence-corrected chi connectivity index (χ2v) is 4.29. The first-order valence-electron chi connectivity index (χ1n) is 5.47. The Morgan fingerprint density at radius 3 is 2.47 bits per heavy atom. The highest BCUT2D eigenvalue weighted by atomic mass is 35.5. The minimum absolute atomic E-state index is 0. The molecule has 0 amide bonds. The van der Waals surface area contributed by atoms with E-state index in [1.54, 1.807) is 0 Å². The number of nitrogens with zero attached hydrogens (tertiary/aromatic N) is 1. The minimum Gasteiger partial charge on any atom is -0.480 e. The molecule has 2 atom stereocenters. The maximum Gasteiger partial charge on any atom is 0.320 e. The predicted octanol–water partition coefficient (Wildman–Crippen LogP) is 0.709. The highest BCUT2D eigenvalue weighted by molar-refractivity contribution is 5.85. The summed E-state index contributed by atoms with van der Waals surface area (Å²) in [4.78, 5) is 13.2. The van der Waals surface area contributed by atoms with Crippen LogP contribution in [0.2, 0.25) is 0 Å². The van der Waals surface area contributed by atoms with Gasteiger partial charge in [0.05, 0.1) is 0 Å². The molecule has 0 aromatic rings. The van der Waals surface area contributed by atoms with Crippen LogP contribution < -0.4 is 5.32 Å². The number of halogens is 1. The predicted molar refractivity (Wildman–Crippen MR) is 60.5 cm³/mol. The van der Waals surface area contributed by atoms with Crippen LogP contribution in [0.25, 0.3) is 0 Å². The van der Waals surface area contributed by atoms with Gasteiger partial charge in [0.2, 0.25) is 0 Å². The second-order valence-electron chi connectivity index (χ2n) is 4.29. The molecule has 0 aliphatic carbocycles. The van der Waals surface area contributed by atoms with Crippen LogP contribution in [0.1, 0.15) is 25.7 Å². The summed E-state index contributed by atoms with van der Waals surface area (Å²) in [7, 11) is 0. The lowest BCUT2D eigenvalue weighted by Crippen LogP contribution is -2.40. The number of hydrogen-bond donors (Lipinski definition) is 2. The van der Waals surface area contributed by atoms with Crippen LogP contribution in [-0.4, -0.2) is 47.7 Å². The van der Waals surface area contributed by atoms with Gasteiger partial charge in [-0.3, -0.25) is 9.69 Å². The maximum absolute atomic E-state index is 10.7. The van der Waals surface area contributed by atoms with Gasteiger partial charge in [0.25, 0.3) is 0 Å². The zero-order chi connectivity index (χ0) is 9.97. The second kappa shape index (κ2) is 5.68. The molecule has 2 heterocycles. The molecule has 0 bridgehead atoms. The van der Waals surface area contributed by atoms with Crippen molar-refractivity contribution >= 4 is 18.4 Å². The van der Waals surface area contributed by atoms with Gasteiger partial charge < -0.3 is 10.4 Å². The number of hydrogen-bond acceptors (Lipinski definition) is 3. The van der Waals surface area contributed by atoms with E-state index in [0.29, 0.717) is 6.04 Å². The molecule has 15 heavy (non-hydrogen) atoms. The number of piperidine rings is 1. The van der Waals surface area contributed by atoms with Gasteiger partial charge in [0, 0.05) is 12.6 Å². The van der Waals surface area contributed by atoms with Crippen molar-refractivity contribution < 1.29 is 9.90 Å². The van der Waals surface area contributed by atoms with Crippen molar-refractivity contribution in [3.05, 3.63) is 0 Å². The van der Waals surface area contributed by atoms with Crippen LogP contribution in [-0.2, 0) is 4.79 Å². The van der Waals surface area contributed by atoms with E-state index < -0.39 is 5.97 Å². The van der Waals surface area contributed by atoms with Crippen molar-refractivity contribution in [3.8, 4) is 0 Å². The first-order valence-corrected chi connectivity index (χ1v) is 5.47. The molecule has 2 unspecified atom stereocenters. The summed E-state index contributed by atoms with van der Waals surface area (Å²) >= 11 is 0. The Balaban J connectivity index is 0.00000112. The van der Waals surface area contributed by atoms with Gasteiger partial charge in [-0.1, -0.05) is 6.42 Å². The topological polar surface area (TPSA) is 52.6 Å². The molecule has 4 nitrogen and oxygen atoms in total. The molecular formula is C10H19ClN2O2. The van der Waals surface area contributed by atoms with Crippen LogP contribution in [0.3, 0.4) is 0 Å². The summed E-state index contributed by atoms with van der Waals surface area (Å²) in [5, 5.41) is 11.9. The van der Waals surface area contributed by atoms with Gasteiger partial charge in [0.15, 0.2) is 0 Å². The number of carboxylic acid groups (broad SMARTS) is 1. The molecule has 0 spiro atoms. The monoisotopic (exact) mass is 234 g/mol. The minimum atomic E-state index is -0.704. The third-order valence-electron chi connectivity index (χ3n) is 3.31. The maximum atomic E-state index is 10.7. The number of aliphatic carboxylic acids is 1. The zero-order valence-electron chi connectivity index (χ0n) is 8.82. The van der Waals surface area contributed by atoms with E-state index in [0.717, 1.165) is 26.1 Å². The molecule has 0 aromatic heterocycles. The summed E-state index contributed by atoms with van der Waals surface area (Å²) in [5.74, 6) is -0.704. The lowest BCUT2D eigenvalue weighted by atomic mass is 10.1. The fourth-order valence-electron chi connectivity index (χ4n) is 2.47. The zero-order valence-corrected chi connectivity index (χ0v) is 9.63. The fraction of sp³-hybridized carbons (Fsp3) is 0.900. The first kappa shape index (κ1) is 12.7. The van der Waals surface area contributed by atoms with Gasteiger partial charge in [-0.05, 0) is 32.4 Å². The molecule has 2 saturated heterocycles. The molecule has 2 aliphatic heterocycles. The molecule has 0 radical (unpaired) electrons. The summed E-state index contributed by atoms with van der Waals surface area (Å²) in [6.45, 7) is 3.15. The average Bonchev–Trinajstić information content (AvgIpc) is 2.68. The Morgan fingerprint density at radius 1 is 1.27 bits per heavy atom. The van der Waals surface area contributed by atoms with Gasteiger partial charge in [0.1, 0.15) is 6.04 Å². The first-order chi connectivity index (χ1) is 6.77. The molecule has 88 valence electrons. The van der Waals surface area contributed by atoms with E-state index in [1.807, 2.05) is 0 Å². The van der Waals surface area contributed by atoms with Crippen molar-refractivity contribution in [3.63, 3.8) is 0 Å². The number of likely N-dealkylation sites (tertiary alicyclic amines) is 1. The van der Waals surface area contributed by atoms with Crippen LogP contribution in [0.5, 0.6) is 0 Å². The van der Waals surface area contributed by atoms with Crippen LogP contribution >= 0.6 is 12.4 Å². The smallest absolute Gasteiger partial charge is 0.320 e. The van der Waals surface area contributed by atoms with E-state index in [9.17, 15) is 4.79 Å². The quantitative estimate of drug-likeness (QED) is 0.739. The number of carboxylic acids is 1. The summed E-state index contributed by atoms with van der Waals surface area (Å²) < 4.78 is 0. The number of nitrogens with one attached hydrogen (secondary N) is 1. The van der Waals surface area contributed by atoms with Crippen molar-refractivity contribution in [1.82, 2.24) is 10.2 Å². The number of carbonyl (C=O) groups is 1. The Bertz CT molecular complexity index is 219. The fourth-order valence-corrected chi connectivity index (χ4v) is 2.47. The van der Waals surface area contributed by atoms with Gasteiger partial charge in [-0.25, -0.2) is 0 Å². The Morgan fingerprint density at radius 2 is 1.93 bits per heavy atom. The van der Waals surface area contributed by atoms with Crippen molar-refractivity contribution in [2.75, 3.05) is 19.6 Å². The third-order valence-corrected chi connectivity index (χ3v) is 3.31. The largest absolute Gasteiger partial charge is 0.480 e. The van der Waals surface area contributed by atoms with Crippen molar-refractivity contribution in [2.45, 2.75) is 37.8 Å². The van der Waals surface area contributed by atoms with E-state index >= 15 is 0 Å². The van der Waals surface area contributed by atoms with E-state index in [1.165, 1.54) is 19.3 Å². The highest BCUT2D eigenvalue weighted by Gasteiger charge is 2.32. The van der Waals surface area contributed by atoms with Crippen molar-refractivity contribution in [1.29, 1.82) is 0 Å². The molecular weight excluding hydrogens is 216 g/mol. The molecule has 2 fully saturated rings. The number of rotatable bonds is 2. The van der Waals surface area contributed by atoms with E-state index in [-0.39, 0.29) is 18.4 Å². The summed E-state index contributed by atoms with van der Waals surface area (Å²) in [6.07, 6.45) is 4.65. The van der Waals surface area contributed by atoms with Crippen LogP contribution in [0, 0.1) is 0 Å². The van der Waals surface area contributed by atoms with E-state index in [2.05, 4.69) is 10.2 Å². The Kier molecular flexibility index (Phi) is 4.83. The molecule has 2 N–H and O–H groups in total. The van der Waals surface area contributed by atoms with Gasteiger partial charge >= 0.3 is 5.97 Å². The molecule has 0 saturated carbocycles. The lowest BCUT2D eigenvalue weighted by Gasteiger charge is -2.31. The van der Waals surface area contributed by atoms with E-state index in [4.69, 9.17) is 5.11 Å². The SMILES string of the molecule is Cl.O=C(O)C1CC(N2CCCCC2)CN1. The summed E-state index contributed by atoms with van der Waals surface area (Å²) in [6, 6.07) is 0.137. The van der Waals surface area contributed by atoms with Crippen LogP contribution in [0.4, 0.5) is 0 Å². The lowest BCUT2D eigenvalue weighted by molar-refractivity contribution is -0.139. The van der Waals surface area contributed by atoms with Gasteiger partial charge in [-0.15, -0.1) is 12.4 Å². The van der Waals surface area contributed by atoms with Gasteiger partial charge in [-0.2, -0.15) is 0 Å². The highest BCUT2D eigenvalue weighted by Crippen LogP contribution is 2.18. The summed E-state index contributed by atoms with van der Waals surface area (Å²) in [5.41, 5.74) is 0. The third kappa shape index (κ3) is 3.06. The standard InChI is InChI=1S/C10H18N2O2.ClH/c13-10(14)9-6-8(7-11-9)12-4-2-1-3-5-12;/h8-9,11H,1-7H2,(H,13,14);1H. The average molecular weight is 235 g/mol. The van der Waals surface area contributed by atoms with Crippen LogP contribution in [0.15, 0.2) is 0 Å². The molecule has 0 aromatic carbocycles. The Hall–Kier alpha value is -0.320. The molecule has 2 rings (SSSR count).